The van der Waals surface area contributed by atoms with E-state index in [0.29, 0.717) is 13.0 Å². The van der Waals surface area contributed by atoms with Crippen LogP contribution in [0.1, 0.15) is 6.42 Å². The number of hydrogen-bond donors (Lipinski definition) is 1. The van der Waals surface area contributed by atoms with Gasteiger partial charge in [0.1, 0.15) is 5.25 Å². The highest BCUT2D eigenvalue weighted by Gasteiger charge is 2.28. The van der Waals surface area contributed by atoms with Crippen molar-refractivity contribution >= 4 is 10.0 Å². The van der Waals surface area contributed by atoms with Crippen LogP contribution in [0.15, 0.2) is 0 Å². The van der Waals surface area contributed by atoms with Crippen LogP contribution in [-0.4, -0.2) is 33.4 Å². The minimum Gasteiger partial charge on any atom is -0.380 e. The number of nitrogens with one attached hydrogen (secondary N) is 1. The monoisotopic (exact) mass is 189 g/mol. The average molecular weight is 189 g/mol. The third kappa shape index (κ3) is 2.21. The van der Waals surface area contributed by atoms with Gasteiger partial charge in [-0.25, -0.2) is 13.1 Å². The zero-order valence-electron chi connectivity index (χ0n) is 6.62. The van der Waals surface area contributed by atoms with Gasteiger partial charge in [-0.05, 0) is 6.42 Å². The van der Waals surface area contributed by atoms with Gasteiger partial charge < -0.3 is 4.74 Å². The van der Waals surface area contributed by atoms with Gasteiger partial charge in [0, 0.05) is 6.61 Å². The summed E-state index contributed by atoms with van der Waals surface area (Å²) < 4.78 is 29.9. The standard InChI is InChI=1S/C7H11NO3S/c1-2-4-8-12(9,10)7-3-5-11-6-7/h1,7-8H,3-6H2/t7-/m1/s1. The van der Waals surface area contributed by atoms with E-state index in [1.807, 2.05) is 0 Å². The van der Waals surface area contributed by atoms with Crippen molar-refractivity contribution in [2.75, 3.05) is 19.8 Å². The van der Waals surface area contributed by atoms with Gasteiger partial charge in [-0.2, -0.15) is 0 Å². The van der Waals surface area contributed by atoms with Crippen molar-refractivity contribution in [2.45, 2.75) is 11.7 Å². The molecule has 0 saturated carbocycles. The maximum Gasteiger partial charge on any atom is 0.217 e. The highest BCUT2D eigenvalue weighted by Crippen LogP contribution is 2.11. The minimum absolute atomic E-state index is 0.0544. The zero-order valence-corrected chi connectivity index (χ0v) is 7.43. The van der Waals surface area contributed by atoms with E-state index in [1.54, 1.807) is 0 Å². The fourth-order valence-electron chi connectivity index (χ4n) is 1.02. The summed E-state index contributed by atoms with van der Waals surface area (Å²) in [4.78, 5) is 0. The first-order valence-electron chi connectivity index (χ1n) is 3.66. The molecule has 0 unspecified atom stereocenters. The lowest BCUT2D eigenvalue weighted by atomic mass is 10.4. The first kappa shape index (κ1) is 9.52. The van der Waals surface area contributed by atoms with Crippen LogP contribution in [0.3, 0.4) is 0 Å². The molecule has 1 fully saturated rings. The van der Waals surface area contributed by atoms with Crippen molar-refractivity contribution < 1.29 is 13.2 Å². The van der Waals surface area contributed by atoms with Gasteiger partial charge in [0.25, 0.3) is 0 Å². The highest BCUT2D eigenvalue weighted by molar-refractivity contribution is 7.90. The van der Waals surface area contributed by atoms with Crippen LogP contribution in [0.4, 0.5) is 0 Å². The van der Waals surface area contributed by atoms with Crippen molar-refractivity contribution in [1.29, 1.82) is 0 Å². The summed E-state index contributed by atoms with van der Waals surface area (Å²) in [6.07, 6.45) is 5.48. The molecule has 0 aromatic rings. The third-order valence-electron chi connectivity index (χ3n) is 1.70. The largest absolute Gasteiger partial charge is 0.380 e. The van der Waals surface area contributed by atoms with Crippen molar-refractivity contribution in [3.8, 4) is 12.3 Å². The van der Waals surface area contributed by atoms with Crippen LogP contribution in [0.5, 0.6) is 0 Å². The molecular weight excluding hydrogens is 178 g/mol. The molecule has 1 heterocycles. The normalized spacial score (nSPS) is 23.8. The lowest BCUT2D eigenvalue weighted by Crippen LogP contribution is -2.34. The summed E-state index contributed by atoms with van der Waals surface area (Å²) in [7, 11) is -3.24. The van der Waals surface area contributed by atoms with Crippen LogP contribution in [-0.2, 0) is 14.8 Å². The van der Waals surface area contributed by atoms with E-state index in [0.717, 1.165) is 0 Å². The van der Waals surface area contributed by atoms with E-state index in [9.17, 15) is 8.42 Å². The zero-order chi connectivity index (χ0) is 9.03. The van der Waals surface area contributed by atoms with E-state index in [1.165, 1.54) is 0 Å². The molecule has 0 spiro atoms. The fourth-order valence-corrected chi connectivity index (χ4v) is 2.22. The molecule has 5 heteroatoms. The molecule has 1 rings (SSSR count). The summed E-state index contributed by atoms with van der Waals surface area (Å²) in [6, 6.07) is 0. The molecule has 1 saturated heterocycles. The number of terminal acetylenes is 1. The van der Waals surface area contributed by atoms with Crippen molar-refractivity contribution in [3.05, 3.63) is 0 Å². The summed E-state index contributed by atoms with van der Waals surface area (Å²) >= 11 is 0. The van der Waals surface area contributed by atoms with Crippen molar-refractivity contribution in [1.82, 2.24) is 4.72 Å². The Bertz CT molecular complexity index is 272. The van der Waals surface area contributed by atoms with Gasteiger partial charge in [0.2, 0.25) is 10.0 Å². The predicted octanol–water partition coefficient (Wildman–Crippen LogP) is -0.672. The Balaban J connectivity index is 2.53. The Hall–Kier alpha value is -0.570. The van der Waals surface area contributed by atoms with Crippen LogP contribution in [0, 0.1) is 12.3 Å². The number of hydrogen-bond acceptors (Lipinski definition) is 3. The second-order valence-electron chi connectivity index (χ2n) is 2.56. The number of sulfonamides is 1. The molecule has 0 amide bonds. The summed E-state index contributed by atoms with van der Waals surface area (Å²) in [6.45, 7) is 0.848. The van der Waals surface area contributed by atoms with Gasteiger partial charge in [-0.1, -0.05) is 5.92 Å². The highest BCUT2D eigenvalue weighted by atomic mass is 32.2. The molecule has 0 aromatic carbocycles. The summed E-state index contributed by atoms with van der Waals surface area (Å²) in [5.41, 5.74) is 0. The molecule has 12 heavy (non-hydrogen) atoms. The van der Waals surface area contributed by atoms with E-state index in [4.69, 9.17) is 11.2 Å². The first-order valence-corrected chi connectivity index (χ1v) is 5.21. The van der Waals surface area contributed by atoms with Crippen LogP contribution in [0.25, 0.3) is 0 Å². The summed E-state index contributed by atoms with van der Waals surface area (Å²) in [5.74, 6) is 2.22. The van der Waals surface area contributed by atoms with Crippen molar-refractivity contribution in [3.63, 3.8) is 0 Å². The van der Waals surface area contributed by atoms with Gasteiger partial charge >= 0.3 is 0 Å². The molecule has 68 valence electrons. The van der Waals surface area contributed by atoms with E-state index in [-0.39, 0.29) is 13.2 Å². The molecule has 1 aliphatic rings. The van der Waals surface area contributed by atoms with Crippen LogP contribution < -0.4 is 4.72 Å². The molecule has 4 nitrogen and oxygen atoms in total. The number of rotatable bonds is 3. The lowest BCUT2D eigenvalue weighted by molar-refractivity contribution is 0.198. The van der Waals surface area contributed by atoms with Crippen LogP contribution in [0.2, 0.25) is 0 Å². The smallest absolute Gasteiger partial charge is 0.217 e. The quantitative estimate of drug-likeness (QED) is 0.599. The lowest BCUT2D eigenvalue weighted by Gasteiger charge is -2.08. The Kier molecular flexibility index (Phi) is 3.09. The van der Waals surface area contributed by atoms with Gasteiger partial charge in [0.15, 0.2) is 0 Å². The summed E-state index contributed by atoms with van der Waals surface area (Å²) in [5, 5.41) is -0.425. The molecule has 0 radical (unpaired) electrons. The molecule has 1 atom stereocenters. The molecular formula is C7H11NO3S. The average Bonchev–Trinajstić information content (AvgIpc) is 2.53. The maximum atomic E-state index is 11.3. The molecule has 0 bridgehead atoms. The number of ether oxygens (including phenoxy) is 1. The van der Waals surface area contributed by atoms with Crippen molar-refractivity contribution in [2.24, 2.45) is 0 Å². The SMILES string of the molecule is C#CCNS(=O)(=O)[C@@H]1CCOC1. The Morgan fingerprint density at radius 3 is 2.92 bits per heavy atom. The Morgan fingerprint density at radius 1 is 1.67 bits per heavy atom. The fraction of sp³-hybridized carbons (Fsp3) is 0.714. The Labute approximate surface area is 72.3 Å². The van der Waals surface area contributed by atoms with Gasteiger partial charge in [-0.3, -0.25) is 0 Å². The van der Waals surface area contributed by atoms with Gasteiger partial charge in [0.05, 0.1) is 13.2 Å². The Morgan fingerprint density at radius 2 is 2.42 bits per heavy atom. The molecule has 0 aromatic heterocycles. The van der Waals surface area contributed by atoms with E-state index in [2.05, 4.69) is 10.6 Å². The second-order valence-corrected chi connectivity index (χ2v) is 4.60. The molecule has 0 aliphatic carbocycles. The molecule has 1 aliphatic heterocycles. The van der Waals surface area contributed by atoms with Gasteiger partial charge in [-0.15, -0.1) is 6.42 Å². The van der Waals surface area contributed by atoms with E-state index < -0.39 is 15.3 Å². The predicted molar refractivity (Wildman–Crippen MR) is 45.0 cm³/mol. The third-order valence-corrected chi connectivity index (χ3v) is 3.50. The van der Waals surface area contributed by atoms with Crippen LogP contribution >= 0.6 is 0 Å². The van der Waals surface area contributed by atoms with E-state index >= 15 is 0 Å². The minimum atomic E-state index is -3.24. The first-order chi connectivity index (χ1) is 5.67. The topological polar surface area (TPSA) is 55.4 Å². The maximum absolute atomic E-state index is 11.3. The molecule has 1 N–H and O–H groups in total. The second kappa shape index (κ2) is 3.90.